The summed E-state index contributed by atoms with van der Waals surface area (Å²) < 4.78 is 84.4. The van der Waals surface area contributed by atoms with Gasteiger partial charge in [-0.2, -0.15) is 0 Å². The number of fused-ring (bicyclic) bond motifs is 5. The number of methoxy groups -OCH3 is 1. The molecule has 3 fully saturated rings. The first-order valence-electron chi connectivity index (χ1n) is 13.6. The van der Waals surface area contributed by atoms with Crippen LogP contribution in [0.15, 0.2) is 23.8 Å². The molecular formula is C22H25BFN9O11P2. The number of ether oxygens (including phenoxy) is 3. The Morgan fingerprint density at radius 1 is 1.02 bits per heavy atom. The molecule has 7 rings (SSSR count). The molecule has 46 heavy (non-hydrogen) atoms. The van der Waals surface area contributed by atoms with Gasteiger partial charge in [-0.15, -0.1) is 0 Å². The van der Waals surface area contributed by atoms with Gasteiger partial charge < -0.3 is 38.9 Å². The summed E-state index contributed by atoms with van der Waals surface area (Å²) in [6.45, 7) is 0.167. The van der Waals surface area contributed by atoms with Crippen LogP contribution in [-0.2, 0) is 41.4 Å². The van der Waals surface area contributed by atoms with Crippen LogP contribution in [0.5, 0.6) is 0 Å². The highest BCUT2D eigenvalue weighted by Crippen LogP contribution is 2.54. The number of nitrogens with one attached hydrogen (secondary N) is 1. The average molecular weight is 683 g/mol. The Balaban J connectivity index is 1.22. The standard InChI is InChI=1S/C22H25BFN9O11P2/c1-8-30-19-13(20(34)31-8)29-7-33(19)22-16-15(38-2)10(42-22)4-40-46(36,37)44-14-9(3-39-45(23,35)43-16)41-21(11(14)24)32-6-28-12-17(25)26-5-27-18(12)32/h5-7,9-11,14-16,21-22H,3-4H2,1-2H3,(H,36,37)(H2,25,26,27)(H,30,31,34)/t9?,10?,11?,14?,15?,16?,21?,22?,45-/m1/s1. The molecule has 4 aromatic heterocycles. The Morgan fingerprint density at radius 2 is 1.72 bits per heavy atom. The molecule has 9 unspecified atom stereocenters. The van der Waals surface area contributed by atoms with Gasteiger partial charge >= 0.3 is 7.82 Å². The van der Waals surface area contributed by atoms with Crippen LogP contribution in [0.4, 0.5) is 10.2 Å². The third kappa shape index (κ3) is 5.47. The van der Waals surface area contributed by atoms with Gasteiger partial charge in [0.1, 0.15) is 48.2 Å². The second-order valence-corrected chi connectivity index (χ2v) is 13.5. The second kappa shape index (κ2) is 11.5. The molecule has 4 aromatic rings. The molecule has 3 aliphatic heterocycles. The maximum absolute atomic E-state index is 16.0. The number of phosphoric ester groups is 1. The maximum Gasteiger partial charge on any atom is 0.472 e. The Morgan fingerprint density at radius 3 is 2.48 bits per heavy atom. The topological polar surface area (TPSA) is 252 Å². The quantitative estimate of drug-likeness (QED) is 0.192. The smallest absolute Gasteiger partial charge is 0.382 e. The van der Waals surface area contributed by atoms with Crippen LogP contribution < -0.4 is 11.3 Å². The summed E-state index contributed by atoms with van der Waals surface area (Å²) in [6.07, 6.45) is -8.24. The van der Waals surface area contributed by atoms with Crippen LogP contribution in [0, 0.1) is 6.92 Å². The Labute approximate surface area is 258 Å². The van der Waals surface area contributed by atoms with Crippen LogP contribution >= 0.6 is 15.3 Å². The second-order valence-electron chi connectivity index (χ2n) is 10.6. The van der Waals surface area contributed by atoms with Crippen molar-refractivity contribution >= 4 is 51.0 Å². The number of H-pyrrole nitrogens is 1. The van der Waals surface area contributed by atoms with Gasteiger partial charge in [-0.05, 0) is 6.92 Å². The van der Waals surface area contributed by atoms with Crippen molar-refractivity contribution in [1.29, 1.82) is 0 Å². The Bertz CT molecular complexity index is 1960. The fourth-order valence-electron chi connectivity index (χ4n) is 5.65. The summed E-state index contributed by atoms with van der Waals surface area (Å²) in [5, 5.41) is 0. The first-order valence-corrected chi connectivity index (χ1v) is 16.7. The number of imidazole rings is 2. The van der Waals surface area contributed by atoms with E-state index in [1.54, 1.807) is 6.92 Å². The van der Waals surface area contributed by atoms with E-state index in [0.29, 0.717) is 0 Å². The summed E-state index contributed by atoms with van der Waals surface area (Å²) in [5.41, 5.74) is 5.63. The third-order valence-electron chi connectivity index (χ3n) is 7.65. The van der Waals surface area contributed by atoms with Gasteiger partial charge in [0.05, 0.1) is 25.9 Å². The fourth-order valence-corrected chi connectivity index (χ4v) is 7.58. The number of aromatic amines is 1. The molecule has 244 valence electrons. The molecule has 4 N–H and O–H groups in total. The molecule has 20 nitrogen and oxygen atoms in total. The van der Waals surface area contributed by atoms with Crippen LogP contribution in [0.25, 0.3) is 22.3 Å². The number of hydrogen-bond acceptors (Lipinski definition) is 16. The minimum atomic E-state index is -5.05. The number of hydrogen-bond donors (Lipinski definition) is 3. The largest absolute Gasteiger partial charge is 0.472 e. The van der Waals surface area contributed by atoms with Crippen molar-refractivity contribution in [2.24, 2.45) is 0 Å². The lowest BCUT2D eigenvalue weighted by Gasteiger charge is -2.28. The zero-order chi connectivity index (χ0) is 32.5. The number of nitrogens with zero attached hydrogens (tertiary/aromatic N) is 7. The Hall–Kier alpha value is -3.17. The van der Waals surface area contributed by atoms with E-state index in [2.05, 4.69) is 29.9 Å². The molecule has 2 radical (unpaired) electrons. The van der Waals surface area contributed by atoms with Crippen LogP contribution in [-0.4, -0.2) is 109 Å². The average Bonchev–Trinajstić information content (AvgIpc) is 3.75. The molecule has 24 heteroatoms. The normalized spacial score (nSPS) is 37.1. The van der Waals surface area contributed by atoms with Crippen molar-refractivity contribution < 1.29 is 50.7 Å². The third-order valence-corrected chi connectivity index (χ3v) is 9.69. The number of aryl methyl sites for hydroxylation is 1. The number of nitrogen functional groups attached to an aromatic ring is 1. The number of alkyl halides is 1. The van der Waals surface area contributed by atoms with Crippen molar-refractivity contribution in [1.82, 2.24) is 39.0 Å². The number of aromatic nitrogens is 8. The summed E-state index contributed by atoms with van der Waals surface area (Å²) in [7, 11) is -2.34. The van der Waals surface area contributed by atoms with E-state index in [1.165, 1.54) is 28.9 Å². The first-order chi connectivity index (χ1) is 21.9. The van der Waals surface area contributed by atoms with Crippen molar-refractivity contribution in [2.75, 3.05) is 26.1 Å². The summed E-state index contributed by atoms with van der Waals surface area (Å²) in [6, 6.07) is 0. The first kappa shape index (κ1) is 31.4. The van der Waals surface area contributed by atoms with Crippen molar-refractivity contribution in [3.63, 3.8) is 0 Å². The van der Waals surface area contributed by atoms with E-state index < -0.39 is 83.2 Å². The number of nitrogens with two attached hydrogens (primary N) is 1. The molecule has 3 saturated heterocycles. The molecule has 2 bridgehead atoms. The minimum absolute atomic E-state index is 0.0275. The van der Waals surface area contributed by atoms with Crippen LogP contribution in [0.3, 0.4) is 0 Å². The van der Waals surface area contributed by atoms with Gasteiger partial charge in [0.25, 0.3) is 13.0 Å². The van der Waals surface area contributed by atoms with Crippen molar-refractivity contribution in [3.05, 3.63) is 35.2 Å². The number of anilines is 1. The predicted octanol–water partition coefficient (Wildman–Crippen LogP) is 0.192. The van der Waals surface area contributed by atoms with Crippen molar-refractivity contribution in [2.45, 2.75) is 56.1 Å². The molecule has 10 atom stereocenters. The maximum atomic E-state index is 16.0. The highest BCUT2D eigenvalue weighted by Gasteiger charge is 2.54. The lowest BCUT2D eigenvalue weighted by molar-refractivity contribution is -0.0631. The molecule has 3 aliphatic rings. The summed E-state index contributed by atoms with van der Waals surface area (Å²) >= 11 is 0. The summed E-state index contributed by atoms with van der Waals surface area (Å²) in [5.74, 6) is 0.293. The predicted molar refractivity (Wildman–Crippen MR) is 151 cm³/mol. The van der Waals surface area contributed by atoms with Gasteiger partial charge in [0.15, 0.2) is 41.3 Å². The fraction of sp³-hybridized carbons (Fsp3) is 0.545. The van der Waals surface area contributed by atoms with E-state index in [4.69, 9.17) is 45.6 Å². The number of phosphoric acid groups is 1. The van der Waals surface area contributed by atoms with E-state index >= 15 is 4.39 Å². The van der Waals surface area contributed by atoms with Gasteiger partial charge in [0, 0.05) is 7.11 Å². The van der Waals surface area contributed by atoms with Gasteiger partial charge in [-0.1, -0.05) is 0 Å². The molecule has 7 heterocycles. The number of rotatable bonds is 3. The highest BCUT2D eigenvalue weighted by molar-refractivity contribution is 7.79. The minimum Gasteiger partial charge on any atom is -0.382 e. The van der Waals surface area contributed by atoms with Crippen LogP contribution in [0.2, 0.25) is 0 Å². The molecule has 0 aromatic carbocycles. The SMILES string of the molecule is [B][P@@]1(=O)OCC2OC(n3cnc4c(N)ncnc43)C(F)C2OP(=O)(O)OCC2OC(n3cnc4c(=O)[nH]c(C)nc43)C(O1)C2OC. The zero-order valence-electron chi connectivity index (χ0n) is 23.9. The monoisotopic (exact) mass is 683 g/mol. The molecule has 0 saturated carbocycles. The van der Waals surface area contributed by atoms with Gasteiger partial charge in [-0.25, -0.2) is 33.9 Å². The molecule has 0 spiro atoms. The van der Waals surface area contributed by atoms with E-state index in [-0.39, 0.29) is 34.0 Å². The molecular weight excluding hydrogens is 658 g/mol. The van der Waals surface area contributed by atoms with E-state index in [0.717, 1.165) is 6.33 Å². The van der Waals surface area contributed by atoms with Crippen molar-refractivity contribution in [3.8, 4) is 0 Å². The zero-order valence-corrected chi connectivity index (χ0v) is 25.6. The van der Waals surface area contributed by atoms with E-state index in [1.807, 2.05) is 0 Å². The number of halogens is 1. The lowest BCUT2D eigenvalue weighted by atomic mass is 10.1. The van der Waals surface area contributed by atoms with Gasteiger partial charge in [0.2, 0.25) is 7.57 Å². The van der Waals surface area contributed by atoms with E-state index in [9.17, 15) is 18.8 Å². The molecule has 0 aliphatic carbocycles. The summed E-state index contributed by atoms with van der Waals surface area (Å²) in [4.78, 5) is 46.1. The molecule has 0 amide bonds. The lowest BCUT2D eigenvalue weighted by Crippen LogP contribution is -2.37. The van der Waals surface area contributed by atoms with Gasteiger partial charge in [-0.3, -0.25) is 27.5 Å². The Kier molecular flexibility index (Phi) is 7.87. The van der Waals surface area contributed by atoms with Crippen LogP contribution in [0.1, 0.15) is 18.3 Å². The highest BCUT2D eigenvalue weighted by atomic mass is 31.2.